The van der Waals surface area contributed by atoms with Gasteiger partial charge in [0.05, 0.1) is 17.9 Å². The second kappa shape index (κ2) is 9.07. The van der Waals surface area contributed by atoms with E-state index in [0.29, 0.717) is 6.04 Å². The van der Waals surface area contributed by atoms with E-state index in [1.165, 1.54) is 19.3 Å². The van der Waals surface area contributed by atoms with Crippen LogP contribution >= 0.6 is 22.7 Å². The normalized spacial score (nSPS) is 28.6. The van der Waals surface area contributed by atoms with Crippen LogP contribution < -0.4 is 10.2 Å². The van der Waals surface area contributed by atoms with Crippen molar-refractivity contribution in [2.45, 2.75) is 82.1 Å². The largest absolute Gasteiger partial charge is 0.357 e. The third-order valence-corrected chi connectivity index (χ3v) is 11.4. The Bertz CT molecular complexity index is 1660. The van der Waals surface area contributed by atoms with Gasteiger partial charge in [0, 0.05) is 53.5 Å². The minimum Gasteiger partial charge on any atom is -0.357 e. The Morgan fingerprint density at radius 3 is 2.60 bits per heavy atom. The number of benzene rings is 1. The van der Waals surface area contributed by atoms with Crippen LogP contribution in [0.3, 0.4) is 0 Å². The molecule has 4 aromatic heterocycles. The Labute approximate surface area is 241 Å². The van der Waals surface area contributed by atoms with Gasteiger partial charge in [-0.25, -0.2) is 14.6 Å². The molecule has 5 aromatic rings. The van der Waals surface area contributed by atoms with Gasteiger partial charge < -0.3 is 15.0 Å². The van der Waals surface area contributed by atoms with Crippen LogP contribution in [0.5, 0.6) is 0 Å². The quantitative estimate of drug-likeness (QED) is 0.252. The van der Waals surface area contributed by atoms with Crippen molar-refractivity contribution in [1.82, 2.24) is 35.3 Å². The Morgan fingerprint density at radius 1 is 1.02 bits per heavy atom. The standard InChI is InChI=1S/C29H34N8OS2/c1-28-9-10-29(2,35-28)13-18(12-28)36(3)27-33-26-25(40-27)32-24(39-26)20-8-7-19(21-15-30-34-23(20)21)17-14-31-37(16-17)22-6-4-5-11-38-22/h7-8,14-16,18,22,35H,4-6,9-13H2,1-3H3,(H,30,34)/t18-,22?,28-,29+. The molecule has 7 heterocycles. The maximum absolute atomic E-state index is 5.93. The molecule has 9 nitrogen and oxygen atoms in total. The van der Waals surface area contributed by atoms with Gasteiger partial charge in [0.2, 0.25) is 0 Å². The highest BCUT2D eigenvalue weighted by Crippen LogP contribution is 2.45. The van der Waals surface area contributed by atoms with Crippen LogP contribution in [0.4, 0.5) is 5.13 Å². The first-order chi connectivity index (χ1) is 19.4. The smallest absolute Gasteiger partial charge is 0.188 e. The van der Waals surface area contributed by atoms with Gasteiger partial charge in [-0.3, -0.25) is 5.10 Å². The molecule has 0 aliphatic carbocycles. The molecule has 0 spiro atoms. The van der Waals surface area contributed by atoms with Crippen LogP contribution in [-0.2, 0) is 4.74 Å². The minimum atomic E-state index is 0.0254. The van der Waals surface area contributed by atoms with Crippen LogP contribution in [0.15, 0.2) is 30.7 Å². The molecule has 208 valence electrons. The Hall–Kier alpha value is -2.86. The summed E-state index contributed by atoms with van der Waals surface area (Å²) in [5, 5.41) is 19.3. The number of rotatable bonds is 5. The van der Waals surface area contributed by atoms with E-state index in [1.807, 2.05) is 17.1 Å². The maximum Gasteiger partial charge on any atom is 0.188 e. The molecule has 40 heavy (non-hydrogen) atoms. The zero-order valence-electron chi connectivity index (χ0n) is 23.1. The van der Waals surface area contributed by atoms with E-state index in [9.17, 15) is 0 Å². The molecule has 3 fully saturated rings. The predicted octanol–water partition coefficient (Wildman–Crippen LogP) is 6.36. The number of H-pyrrole nitrogens is 1. The van der Waals surface area contributed by atoms with E-state index in [-0.39, 0.29) is 17.3 Å². The van der Waals surface area contributed by atoms with Crippen molar-refractivity contribution in [3.05, 3.63) is 30.7 Å². The second-order valence-corrected chi connectivity index (χ2v) is 14.3. The number of ether oxygens (including phenoxy) is 1. The summed E-state index contributed by atoms with van der Waals surface area (Å²) in [6.45, 7) is 5.56. The molecule has 1 aromatic carbocycles. The first-order valence-corrected chi connectivity index (χ1v) is 15.9. The summed E-state index contributed by atoms with van der Waals surface area (Å²) in [7, 11) is 2.21. The van der Waals surface area contributed by atoms with Crippen LogP contribution in [0.25, 0.3) is 42.3 Å². The van der Waals surface area contributed by atoms with E-state index >= 15 is 0 Å². The van der Waals surface area contributed by atoms with E-state index in [1.54, 1.807) is 22.7 Å². The van der Waals surface area contributed by atoms with Gasteiger partial charge in [0.15, 0.2) is 14.8 Å². The van der Waals surface area contributed by atoms with Crippen LogP contribution in [0, 0.1) is 0 Å². The number of fused-ring (bicyclic) bond motifs is 4. The molecule has 8 rings (SSSR count). The molecule has 0 amide bonds. The molecule has 0 saturated carbocycles. The zero-order valence-corrected chi connectivity index (χ0v) is 24.7. The maximum atomic E-state index is 5.93. The van der Waals surface area contributed by atoms with Gasteiger partial charge in [-0.05, 0) is 70.4 Å². The van der Waals surface area contributed by atoms with Crippen LogP contribution in [-0.4, -0.2) is 60.7 Å². The lowest BCUT2D eigenvalue weighted by molar-refractivity contribution is -0.0394. The van der Waals surface area contributed by atoms with Gasteiger partial charge >= 0.3 is 0 Å². The number of nitrogens with one attached hydrogen (secondary N) is 2. The summed E-state index contributed by atoms with van der Waals surface area (Å²) >= 11 is 3.36. The van der Waals surface area contributed by atoms with Gasteiger partial charge in [-0.15, -0.1) is 0 Å². The van der Waals surface area contributed by atoms with Gasteiger partial charge in [-0.1, -0.05) is 28.7 Å². The molecule has 2 bridgehead atoms. The SMILES string of the molecule is CN(c1nc2sc(-c3ccc(-c4cnn(C5CCCCO5)c4)c4cn[nH]c34)nc2s1)[C@H]1C[C@]2(C)CC[C@](C)(C1)N2. The summed E-state index contributed by atoms with van der Waals surface area (Å²) in [6, 6.07) is 4.79. The van der Waals surface area contributed by atoms with Crippen molar-refractivity contribution in [2.75, 3.05) is 18.6 Å². The third-order valence-electron chi connectivity index (χ3n) is 9.23. The highest BCUT2D eigenvalue weighted by Gasteiger charge is 2.49. The molecule has 3 aliphatic rings. The van der Waals surface area contributed by atoms with Crippen molar-refractivity contribution in [3.8, 4) is 21.7 Å². The Kier molecular flexibility index (Phi) is 5.65. The zero-order chi connectivity index (χ0) is 27.1. The lowest BCUT2D eigenvalue weighted by Crippen LogP contribution is -2.58. The minimum absolute atomic E-state index is 0.0254. The number of piperidine rings is 1. The van der Waals surface area contributed by atoms with Crippen molar-refractivity contribution in [2.24, 2.45) is 0 Å². The topological polar surface area (TPSA) is 96.8 Å². The molecular formula is C29H34N8OS2. The predicted molar refractivity (Wildman–Crippen MR) is 161 cm³/mol. The fourth-order valence-corrected chi connectivity index (χ4v) is 9.29. The first-order valence-electron chi connectivity index (χ1n) is 14.3. The molecule has 3 aliphatic heterocycles. The first kappa shape index (κ1) is 24.9. The third kappa shape index (κ3) is 4.08. The van der Waals surface area contributed by atoms with Gasteiger partial charge in [-0.2, -0.15) is 10.2 Å². The molecule has 0 radical (unpaired) electrons. The molecule has 1 unspecified atom stereocenters. The van der Waals surface area contributed by atoms with E-state index in [0.717, 1.165) is 79.7 Å². The van der Waals surface area contributed by atoms with Crippen molar-refractivity contribution < 1.29 is 4.74 Å². The highest BCUT2D eigenvalue weighted by molar-refractivity contribution is 7.29. The monoisotopic (exact) mass is 574 g/mol. The Balaban J connectivity index is 1.07. The molecule has 2 N–H and O–H groups in total. The van der Waals surface area contributed by atoms with Crippen LogP contribution in [0.2, 0.25) is 0 Å². The highest BCUT2D eigenvalue weighted by atomic mass is 32.1. The fourth-order valence-electron chi connectivity index (χ4n) is 7.18. The van der Waals surface area contributed by atoms with Gasteiger partial charge in [0.1, 0.15) is 11.2 Å². The number of anilines is 1. The second-order valence-electron chi connectivity index (χ2n) is 12.4. The van der Waals surface area contributed by atoms with Crippen LogP contribution in [0.1, 0.15) is 65.0 Å². The van der Waals surface area contributed by atoms with E-state index in [2.05, 4.69) is 64.7 Å². The summed E-state index contributed by atoms with van der Waals surface area (Å²) in [5.74, 6) is 0. The lowest BCUT2D eigenvalue weighted by atomic mass is 9.84. The summed E-state index contributed by atoms with van der Waals surface area (Å²) in [6.07, 6.45) is 14.1. The Morgan fingerprint density at radius 2 is 1.82 bits per heavy atom. The number of hydrogen-bond acceptors (Lipinski definition) is 9. The summed E-state index contributed by atoms with van der Waals surface area (Å²) in [4.78, 5) is 14.5. The molecular weight excluding hydrogens is 541 g/mol. The van der Waals surface area contributed by atoms with E-state index in [4.69, 9.17) is 14.7 Å². The average molecular weight is 575 g/mol. The number of thiazole rings is 2. The molecule has 11 heteroatoms. The number of aromatic nitrogens is 6. The lowest BCUT2D eigenvalue weighted by Gasteiger charge is -2.45. The average Bonchev–Trinajstić information content (AvgIpc) is 3.76. The van der Waals surface area contributed by atoms with Crippen molar-refractivity contribution >= 4 is 48.4 Å². The fraction of sp³-hybridized carbons (Fsp3) is 0.517. The van der Waals surface area contributed by atoms with E-state index < -0.39 is 0 Å². The van der Waals surface area contributed by atoms with Gasteiger partial charge in [0.25, 0.3) is 0 Å². The molecule has 3 saturated heterocycles. The molecule has 4 atom stereocenters. The number of hydrogen-bond donors (Lipinski definition) is 2. The van der Waals surface area contributed by atoms with Crippen molar-refractivity contribution in [3.63, 3.8) is 0 Å². The summed E-state index contributed by atoms with van der Waals surface area (Å²) < 4.78 is 7.88. The number of nitrogens with zero attached hydrogens (tertiary/aromatic N) is 6. The number of aromatic amines is 1. The summed E-state index contributed by atoms with van der Waals surface area (Å²) in [5.41, 5.74) is 4.68. The van der Waals surface area contributed by atoms with Crippen molar-refractivity contribution in [1.29, 1.82) is 0 Å².